The van der Waals surface area contributed by atoms with Crippen LogP contribution in [-0.4, -0.2) is 34.7 Å². The van der Waals surface area contributed by atoms with Crippen LogP contribution in [0.4, 0.5) is 0 Å². The molecule has 2 heterocycles. The zero-order chi connectivity index (χ0) is 13.9. The van der Waals surface area contributed by atoms with E-state index in [1.807, 2.05) is 0 Å². The monoisotopic (exact) mass is 274 g/mol. The third-order valence-corrected chi connectivity index (χ3v) is 5.07. The Labute approximate surface area is 121 Å². The molecule has 3 unspecified atom stereocenters. The van der Waals surface area contributed by atoms with Crippen molar-refractivity contribution in [2.24, 2.45) is 11.7 Å². The number of aliphatic hydroxyl groups is 1. The molecule has 3 rings (SSSR count). The molecule has 20 heavy (non-hydrogen) atoms. The zero-order valence-corrected chi connectivity index (χ0v) is 12.1. The predicted molar refractivity (Wildman–Crippen MR) is 81.2 cm³/mol. The minimum Gasteiger partial charge on any atom is -0.392 e. The fraction of sp³-hybridized carbons (Fsp3) is 0.647. The van der Waals surface area contributed by atoms with Gasteiger partial charge in [-0.15, -0.1) is 0 Å². The molecule has 110 valence electrons. The van der Waals surface area contributed by atoms with Gasteiger partial charge in [-0.2, -0.15) is 0 Å². The predicted octanol–water partition coefficient (Wildman–Crippen LogP) is 2.14. The molecule has 0 aliphatic carbocycles. The van der Waals surface area contributed by atoms with Crippen LogP contribution in [0, 0.1) is 5.92 Å². The molecule has 2 saturated heterocycles. The topological polar surface area (TPSA) is 49.5 Å². The smallest absolute Gasteiger partial charge is 0.0665 e. The number of piperidine rings is 1. The van der Waals surface area contributed by atoms with Crippen molar-refractivity contribution in [2.75, 3.05) is 6.54 Å². The van der Waals surface area contributed by atoms with Crippen molar-refractivity contribution in [2.45, 2.75) is 56.8 Å². The van der Waals surface area contributed by atoms with Gasteiger partial charge in [0.1, 0.15) is 0 Å². The maximum atomic E-state index is 9.77. The molecular weight excluding hydrogens is 248 g/mol. The van der Waals surface area contributed by atoms with Gasteiger partial charge in [-0.05, 0) is 43.6 Å². The first-order chi connectivity index (χ1) is 9.76. The Morgan fingerprint density at radius 3 is 2.40 bits per heavy atom. The Balaban J connectivity index is 1.60. The van der Waals surface area contributed by atoms with Crippen LogP contribution in [0.25, 0.3) is 0 Å². The molecular formula is C17H26N2O. The molecule has 3 nitrogen and oxygen atoms in total. The van der Waals surface area contributed by atoms with Gasteiger partial charge in [-0.3, -0.25) is 4.90 Å². The summed E-state index contributed by atoms with van der Waals surface area (Å²) < 4.78 is 0. The van der Waals surface area contributed by atoms with Crippen molar-refractivity contribution in [3.63, 3.8) is 0 Å². The highest BCUT2D eigenvalue weighted by atomic mass is 16.3. The van der Waals surface area contributed by atoms with Crippen LogP contribution < -0.4 is 5.73 Å². The zero-order valence-electron chi connectivity index (χ0n) is 12.1. The second-order valence-corrected chi connectivity index (χ2v) is 6.51. The Bertz CT molecular complexity index is 408. The van der Waals surface area contributed by atoms with Crippen LogP contribution >= 0.6 is 0 Å². The fourth-order valence-electron chi connectivity index (χ4n) is 4.11. The molecule has 2 fully saturated rings. The summed E-state index contributed by atoms with van der Waals surface area (Å²) in [5.74, 6) is 0.665. The van der Waals surface area contributed by atoms with Crippen molar-refractivity contribution >= 4 is 0 Å². The molecule has 0 saturated carbocycles. The van der Waals surface area contributed by atoms with Gasteiger partial charge < -0.3 is 10.8 Å². The molecule has 3 atom stereocenters. The summed E-state index contributed by atoms with van der Waals surface area (Å²) in [6, 6.07) is 12.2. The summed E-state index contributed by atoms with van der Waals surface area (Å²) in [4.78, 5) is 2.70. The van der Waals surface area contributed by atoms with Crippen LogP contribution in [-0.2, 0) is 6.54 Å². The molecule has 0 aromatic heterocycles. The van der Waals surface area contributed by atoms with Gasteiger partial charge in [0.15, 0.2) is 0 Å². The Kier molecular flexibility index (Phi) is 4.39. The van der Waals surface area contributed by atoms with Gasteiger partial charge in [0.05, 0.1) is 6.10 Å². The molecule has 3 N–H and O–H groups in total. The Morgan fingerprint density at radius 2 is 1.80 bits per heavy atom. The number of hydrogen-bond donors (Lipinski definition) is 2. The quantitative estimate of drug-likeness (QED) is 0.865. The highest BCUT2D eigenvalue weighted by Crippen LogP contribution is 2.41. The van der Waals surface area contributed by atoms with Crippen LogP contribution in [0.15, 0.2) is 30.3 Å². The molecule has 2 aliphatic heterocycles. The number of aliphatic hydroxyl groups excluding tert-OH is 1. The average molecular weight is 274 g/mol. The minimum absolute atomic E-state index is 0.305. The van der Waals surface area contributed by atoms with Crippen LogP contribution in [0.3, 0.4) is 0 Å². The normalized spacial score (nSPS) is 31.4. The second kappa shape index (κ2) is 6.25. The van der Waals surface area contributed by atoms with Crippen LogP contribution in [0.5, 0.6) is 0 Å². The van der Waals surface area contributed by atoms with E-state index in [9.17, 15) is 5.11 Å². The van der Waals surface area contributed by atoms with Crippen molar-refractivity contribution in [1.82, 2.24) is 4.90 Å². The largest absolute Gasteiger partial charge is 0.392 e. The van der Waals surface area contributed by atoms with E-state index in [-0.39, 0.29) is 6.10 Å². The van der Waals surface area contributed by atoms with Crippen molar-refractivity contribution in [1.29, 1.82) is 0 Å². The third-order valence-electron chi connectivity index (χ3n) is 5.07. The standard InChI is InChI=1S/C17H26N2O/c18-11-17(20)10-14-8-15-6-7-16(9-14)19(15)12-13-4-2-1-3-5-13/h1-5,14-17,20H,6-12,18H2. The van der Waals surface area contributed by atoms with Gasteiger partial charge in [0.2, 0.25) is 0 Å². The van der Waals surface area contributed by atoms with Crippen molar-refractivity contribution in [3.8, 4) is 0 Å². The average Bonchev–Trinajstić information content (AvgIpc) is 2.71. The molecule has 2 aliphatic rings. The van der Waals surface area contributed by atoms with Crippen LogP contribution in [0.1, 0.15) is 37.7 Å². The molecule has 1 aromatic rings. The number of benzene rings is 1. The Hall–Kier alpha value is -0.900. The minimum atomic E-state index is -0.305. The number of rotatable bonds is 5. The van der Waals surface area contributed by atoms with Gasteiger partial charge in [0, 0.05) is 25.2 Å². The van der Waals surface area contributed by atoms with Crippen molar-refractivity contribution < 1.29 is 5.11 Å². The number of fused-ring (bicyclic) bond motifs is 2. The fourth-order valence-corrected chi connectivity index (χ4v) is 4.11. The summed E-state index contributed by atoms with van der Waals surface area (Å²) in [5.41, 5.74) is 6.96. The van der Waals surface area contributed by atoms with E-state index in [2.05, 4.69) is 35.2 Å². The van der Waals surface area contributed by atoms with Gasteiger partial charge in [-0.1, -0.05) is 30.3 Å². The first-order valence-corrected chi connectivity index (χ1v) is 7.94. The SMILES string of the molecule is NCC(O)CC1CC2CCC(C1)N2Cc1ccccc1. The Morgan fingerprint density at radius 1 is 1.15 bits per heavy atom. The highest BCUT2D eigenvalue weighted by molar-refractivity contribution is 5.15. The van der Waals surface area contributed by atoms with E-state index in [1.165, 1.54) is 31.2 Å². The van der Waals surface area contributed by atoms with Gasteiger partial charge in [0.25, 0.3) is 0 Å². The lowest BCUT2D eigenvalue weighted by Gasteiger charge is -2.39. The molecule has 2 bridgehead atoms. The van der Waals surface area contributed by atoms with Gasteiger partial charge in [-0.25, -0.2) is 0 Å². The summed E-state index contributed by atoms with van der Waals surface area (Å²) in [7, 11) is 0. The van der Waals surface area contributed by atoms with E-state index < -0.39 is 0 Å². The van der Waals surface area contributed by atoms with E-state index in [4.69, 9.17) is 5.73 Å². The summed E-state index contributed by atoms with van der Waals surface area (Å²) in [6.45, 7) is 1.49. The first-order valence-electron chi connectivity index (χ1n) is 7.94. The third kappa shape index (κ3) is 3.05. The highest BCUT2D eigenvalue weighted by Gasteiger charge is 2.40. The van der Waals surface area contributed by atoms with E-state index in [0.717, 1.165) is 13.0 Å². The first kappa shape index (κ1) is 14.1. The molecule has 0 radical (unpaired) electrons. The lowest BCUT2D eigenvalue weighted by atomic mass is 9.86. The second-order valence-electron chi connectivity index (χ2n) is 6.51. The van der Waals surface area contributed by atoms with E-state index >= 15 is 0 Å². The van der Waals surface area contributed by atoms with E-state index in [1.54, 1.807) is 0 Å². The summed E-state index contributed by atoms with van der Waals surface area (Å²) in [6.07, 6.45) is 5.71. The van der Waals surface area contributed by atoms with Gasteiger partial charge >= 0.3 is 0 Å². The molecule has 1 aromatic carbocycles. The van der Waals surface area contributed by atoms with Crippen molar-refractivity contribution in [3.05, 3.63) is 35.9 Å². The molecule has 3 heteroatoms. The summed E-state index contributed by atoms with van der Waals surface area (Å²) >= 11 is 0. The molecule has 0 amide bonds. The lowest BCUT2D eigenvalue weighted by Crippen LogP contribution is -2.43. The maximum Gasteiger partial charge on any atom is 0.0665 e. The molecule has 0 spiro atoms. The number of nitrogens with two attached hydrogens (primary N) is 1. The number of hydrogen-bond acceptors (Lipinski definition) is 3. The van der Waals surface area contributed by atoms with E-state index in [0.29, 0.717) is 24.5 Å². The number of nitrogens with zero attached hydrogens (tertiary/aromatic N) is 1. The maximum absolute atomic E-state index is 9.77. The van der Waals surface area contributed by atoms with Crippen LogP contribution in [0.2, 0.25) is 0 Å². The summed E-state index contributed by atoms with van der Waals surface area (Å²) in [5, 5.41) is 9.77. The lowest BCUT2D eigenvalue weighted by molar-refractivity contribution is 0.0659.